The van der Waals surface area contributed by atoms with Gasteiger partial charge in [-0.15, -0.1) is 0 Å². The zero-order chi connectivity index (χ0) is 13.1. The summed E-state index contributed by atoms with van der Waals surface area (Å²) in [6, 6.07) is 9.39. The van der Waals surface area contributed by atoms with E-state index in [1.165, 1.54) is 6.92 Å². The lowest BCUT2D eigenvalue weighted by Crippen LogP contribution is -1.99. The molecule has 0 unspecified atom stereocenters. The van der Waals surface area contributed by atoms with Crippen LogP contribution in [0.25, 0.3) is 0 Å². The van der Waals surface area contributed by atoms with Crippen molar-refractivity contribution in [3.05, 3.63) is 53.2 Å². The third-order valence-corrected chi connectivity index (χ3v) is 2.70. The summed E-state index contributed by atoms with van der Waals surface area (Å²) in [4.78, 5) is 15.6. The van der Waals surface area contributed by atoms with Crippen LogP contribution in [0, 0.1) is 13.8 Å². The van der Waals surface area contributed by atoms with Gasteiger partial charge in [-0.3, -0.25) is 4.79 Å². The number of carbonyl (C=O) groups is 1. The molecule has 2 aromatic rings. The highest BCUT2D eigenvalue weighted by Gasteiger charge is 2.11. The van der Waals surface area contributed by atoms with Crippen LogP contribution >= 0.6 is 0 Å². The molecule has 2 rings (SSSR count). The van der Waals surface area contributed by atoms with E-state index in [9.17, 15) is 4.79 Å². The molecule has 0 N–H and O–H groups in total. The lowest BCUT2D eigenvalue weighted by molar-refractivity contribution is 0.101. The Morgan fingerprint density at radius 2 is 2.00 bits per heavy atom. The van der Waals surface area contributed by atoms with Crippen LogP contribution in [0.3, 0.4) is 0 Å². The highest BCUT2D eigenvalue weighted by molar-refractivity contribution is 5.96. The number of aryl methyl sites for hydroxylation is 2. The van der Waals surface area contributed by atoms with Gasteiger partial charge in [-0.05, 0) is 50.1 Å². The van der Waals surface area contributed by atoms with E-state index in [0.29, 0.717) is 11.4 Å². The minimum Gasteiger partial charge on any atom is -0.438 e. The number of rotatable bonds is 3. The average molecular weight is 241 g/mol. The second-order valence-electron chi connectivity index (χ2n) is 4.28. The molecule has 0 radical (unpaired) electrons. The Morgan fingerprint density at radius 1 is 1.22 bits per heavy atom. The van der Waals surface area contributed by atoms with E-state index in [-0.39, 0.29) is 5.78 Å². The molecule has 0 saturated heterocycles. The third-order valence-electron chi connectivity index (χ3n) is 2.70. The van der Waals surface area contributed by atoms with Crippen molar-refractivity contribution in [2.45, 2.75) is 20.8 Å². The number of aromatic nitrogens is 1. The molecule has 0 aliphatic carbocycles. The van der Waals surface area contributed by atoms with Crippen LogP contribution in [0.1, 0.15) is 28.4 Å². The molecule has 3 heteroatoms. The fourth-order valence-electron chi connectivity index (χ4n) is 1.66. The monoisotopic (exact) mass is 241 g/mol. The molecule has 0 bridgehead atoms. The zero-order valence-electron chi connectivity index (χ0n) is 10.7. The number of ether oxygens (including phenoxy) is 1. The van der Waals surface area contributed by atoms with E-state index in [1.54, 1.807) is 18.3 Å². The Labute approximate surface area is 106 Å². The predicted octanol–water partition coefficient (Wildman–Crippen LogP) is 3.69. The van der Waals surface area contributed by atoms with Gasteiger partial charge in [-0.2, -0.15) is 0 Å². The van der Waals surface area contributed by atoms with Gasteiger partial charge in [0.25, 0.3) is 0 Å². The van der Waals surface area contributed by atoms with E-state index >= 15 is 0 Å². The van der Waals surface area contributed by atoms with Gasteiger partial charge in [0.15, 0.2) is 5.78 Å². The number of benzene rings is 1. The van der Waals surface area contributed by atoms with Gasteiger partial charge in [0.2, 0.25) is 5.88 Å². The molecule has 18 heavy (non-hydrogen) atoms. The first-order valence-electron chi connectivity index (χ1n) is 5.79. The maximum Gasteiger partial charge on any atom is 0.230 e. The van der Waals surface area contributed by atoms with Gasteiger partial charge < -0.3 is 4.74 Å². The lowest BCUT2D eigenvalue weighted by atomic mass is 10.1. The summed E-state index contributed by atoms with van der Waals surface area (Å²) >= 11 is 0. The second-order valence-corrected chi connectivity index (χ2v) is 4.28. The molecular formula is C15H15NO2. The standard InChI is InChI=1S/C15H15NO2/c1-10-6-7-11(2)14(9-10)18-15-13(12(3)17)5-4-8-16-15/h4-9H,1-3H3. The second kappa shape index (κ2) is 5.00. The molecule has 0 spiro atoms. The van der Waals surface area contributed by atoms with Gasteiger partial charge in [0.05, 0.1) is 5.56 Å². The van der Waals surface area contributed by atoms with Gasteiger partial charge >= 0.3 is 0 Å². The summed E-state index contributed by atoms with van der Waals surface area (Å²) in [6.45, 7) is 5.47. The van der Waals surface area contributed by atoms with E-state index < -0.39 is 0 Å². The Morgan fingerprint density at radius 3 is 2.72 bits per heavy atom. The fourth-order valence-corrected chi connectivity index (χ4v) is 1.66. The lowest BCUT2D eigenvalue weighted by Gasteiger charge is -2.10. The summed E-state index contributed by atoms with van der Waals surface area (Å²) in [6.07, 6.45) is 1.62. The van der Waals surface area contributed by atoms with Crippen LogP contribution in [0.15, 0.2) is 36.5 Å². The molecule has 1 aromatic carbocycles. The Bertz CT molecular complexity index is 591. The largest absolute Gasteiger partial charge is 0.438 e. The molecular weight excluding hydrogens is 226 g/mol. The van der Waals surface area contributed by atoms with Gasteiger partial charge in [-0.25, -0.2) is 4.98 Å². The normalized spacial score (nSPS) is 10.2. The molecule has 0 aliphatic rings. The first-order valence-corrected chi connectivity index (χ1v) is 5.79. The van der Waals surface area contributed by atoms with Crippen LogP contribution in [0.4, 0.5) is 0 Å². The van der Waals surface area contributed by atoms with Crippen LogP contribution in [-0.2, 0) is 0 Å². The highest BCUT2D eigenvalue weighted by atomic mass is 16.5. The topological polar surface area (TPSA) is 39.2 Å². The molecule has 0 saturated carbocycles. The van der Waals surface area contributed by atoms with Crippen molar-refractivity contribution >= 4 is 5.78 Å². The minimum atomic E-state index is -0.0524. The number of ketones is 1. The van der Waals surface area contributed by atoms with Crippen LogP contribution in [0.2, 0.25) is 0 Å². The van der Waals surface area contributed by atoms with E-state index in [1.807, 2.05) is 32.0 Å². The van der Waals surface area contributed by atoms with E-state index in [0.717, 1.165) is 16.9 Å². The smallest absolute Gasteiger partial charge is 0.230 e. The first kappa shape index (κ1) is 12.3. The number of pyridine rings is 1. The van der Waals surface area contributed by atoms with Gasteiger partial charge in [0, 0.05) is 6.20 Å². The number of Topliss-reactive ketones (excluding diaryl/α,β-unsaturated/α-hetero) is 1. The predicted molar refractivity (Wildman–Crippen MR) is 70.2 cm³/mol. The molecule has 92 valence electrons. The van der Waals surface area contributed by atoms with Crippen LogP contribution < -0.4 is 4.74 Å². The Balaban J connectivity index is 2.40. The quantitative estimate of drug-likeness (QED) is 0.769. The van der Waals surface area contributed by atoms with Crippen molar-refractivity contribution in [2.24, 2.45) is 0 Å². The van der Waals surface area contributed by atoms with E-state index in [4.69, 9.17) is 4.74 Å². The molecule has 0 amide bonds. The molecule has 0 fully saturated rings. The van der Waals surface area contributed by atoms with Crippen molar-refractivity contribution < 1.29 is 9.53 Å². The van der Waals surface area contributed by atoms with Crippen LogP contribution in [-0.4, -0.2) is 10.8 Å². The van der Waals surface area contributed by atoms with Gasteiger partial charge in [-0.1, -0.05) is 12.1 Å². The summed E-state index contributed by atoms with van der Waals surface area (Å²) in [5, 5.41) is 0. The number of hydrogen-bond donors (Lipinski definition) is 0. The average Bonchev–Trinajstić information content (AvgIpc) is 2.34. The Kier molecular flexibility index (Phi) is 3.42. The summed E-state index contributed by atoms with van der Waals surface area (Å²) < 4.78 is 5.75. The zero-order valence-corrected chi connectivity index (χ0v) is 10.7. The maximum atomic E-state index is 11.5. The SMILES string of the molecule is CC(=O)c1cccnc1Oc1cc(C)ccc1C. The molecule has 0 atom stereocenters. The van der Waals surface area contributed by atoms with E-state index in [2.05, 4.69) is 4.98 Å². The molecule has 1 heterocycles. The highest BCUT2D eigenvalue weighted by Crippen LogP contribution is 2.27. The number of hydrogen-bond acceptors (Lipinski definition) is 3. The first-order chi connectivity index (χ1) is 8.58. The van der Waals surface area contributed by atoms with Crippen molar-refractivity contribution in [1.29, 1.82) is 0 Å². The van der Waals surface area contributed by atoms with Crippen molar-refractivity contribution in [1.82, 2.24) is 4.98 Å². The van der Waals surface area contributed by atoms with Crippen molar-refractivity contribution in [2.75, 3.05) is 0 Å². The van der Waals surface area contributed by atoms with Crippen LogP contribution in [0.5, 0.6) is 11.6 Å². The number of carbonyl (C=O) groups excluding carboxylic acids is 1. The third kappa shape index (κ3) is 2.56. The maximum absolute atomic E-state index is 11.5. The summed E-state index contributed by atoms with van der Waals surface area (Å²) in [5.74, 6) is 1.04. The van der Waals surface area contributed by atoms with Crippen molar-refractivity contribution in [3.63, 3.8) is 0 Å². The molecule has 3 nitrogen and oxygen atoms in total. The molecule has 0 aliphatic heterocycles. The van der Waals surface area contributed by atoms with Gasteiger partial charge in [0.1, 0.15) is 5.75 Å². The Hall–Kier alpha value is -2.16. The summed E-state index contributed by atoms with van der Waals surface area (Å²) in [5.41, 5.74) is 2.62. The summed E-state index contributed by atoms with van der Waals surface area (Å²) in [7, 11) is 0. The molecule has 1 aromatic heterocycles. The fraction of sp³-hybridized carbons (Fsp3) is 0.200. The minimum absolute atomic E-state index is 0.0524. The van der Waals surface area contributed by atoms with Crippen molar-refractivity contribution in [3.8, 4) is 11.6 Å². The number of nitrogens with zero attached hydrogens (tertiary/aromatic N) is 1.